The van der Waals surface area contributed by atoms with Gasteiger partial charge >= 0.3 is 0 Å². The molecule has 4 rings (SSSR count). The minimum atomic E-state index is 0.0983. The number of benzene rings is 1. The number of methoxy groups -OCH3 is 1. The summed E-state index contributed by atoms with van der Waals surface area (Å²) in [6, 6.07) is 4.35. The van der Waals surface area contributed by atoms with E-state index in [4.69, 9.17) is 14.2 Å². The van der Waals surface area contributed by atoms with Gasteiger partial charge in [-0.15, -0.1) is 0 Å². The normalized spacial score (nSPS) is 26.6. The first kappa shape index (κ1) is 30.9. The lowest BCUT2D eigenvalue weighted by molar-refractivity contribution is 0.0789. The van der Waals surface area contributed by atoms with E-state index in [1.807, 2.05) is 0 Å². The molecule has 2 heterocycles. The number of hydrogen-bond donors (Lipinski definition) is 0. The maximum Gasteiger partial charge on any atom is 0.161 e. The van der Waals surface area contributed by atoms with Crippen LogP contribution in [-0.2, 0) is 4.74 Å². The summed E-state index contributed by atoms with van der Waals surface area (Å²) < 4.78 is 18.5. The zero-order valence-electron chi connectivity index (χ0n) is 26.1. The average molecular weight is 550 g/mol. The molecule has 0 radical (unpaired) electrons. The topological polar surface area (TPSA) is 30.9 Å². The summed E-state index contributed by atoms with van der Waals surface area (Å²) in [7, 11) is 1.75. The highest BCUT2D eigenvalue weighted by atomic mass is 16.5. The number of nitrogens with zero attached hydrogens (tertiary/aromatic N) is 1. The van der Waals surface area contributed by atoms with Gasteiger partial charge in [-0.1, -0.05) is 64.3 Å². The molecule has 3 atom stereocenters. The molecule has 0 amide bonds. The second-order valence-corrected chi connectivity index (χ2v) is 13.0. The largest absolute Gasteiger partial charge is 0.493 e. The van der Waals surface area contributed by atoms with Crippen LogP contribution in [0.4, 0.5) is 0 Å². The van der Waals surface area contributed by atoms with E-state index in [0.717, 1.165) is 65.9 Å². The molecule has 40 heavy (non-hydrogen) atoms. The van der Waals surface area contributed by atoms with Crippen LogP contribution in [0.25, 0.3) is 11.1 Å². The molecule has 222 valence electrons. The van der Waals surface area contributed by atoms with Crippen molar-refractivity contribution in [2.24, 2.45) is 17.8 Å². The van der Waals surface area contributed by atoms with Crippen molar-refractivity contribution in [1.82, 2.24) is 4.90 Å². The maximum atomic E-state index is 6.33. The van der Waals surface area contributed by atoms with Gasteiger partial charge in [0.05, 0.1) is 25.9 Å². The Morgan fingerprint density at radius 3 is 2.35 bits per heavy atom. The standard InChI is InChI=1S/C36H55NO3/c1-25(2)31-23-36(39-20-10-19-37-17-8-9-18-37)35(38-7)24-33(31)32(22-28(5)34-16-13-29(6)40-34)27(4)21-30-14-11-26(3)12-15-30/h22-24,26-27,29-30,34H,1,5,8-21H2,2-4,6-7H3/b32-22-. The third kappa shape index (κ3) is 8.26. The van der Waals surface area contributed by atoms with Crippen molar-refractivity contribution < 1.29 is 14.2 Å². The predicted molar refractivity (Wildman–Crippen MR) is 169 cm³/mol. The maximum absolute atomic E-state index is 6.33. The number of hydrogen-bond acceptors (Lipinski definition) is 4. The Morgan fingerprint density at radius 1 is 1.02 bits per heavy atom. The van der Waals surface area contributed by atoms with Crippen LogP contribution < -0.4 is 9.47 Å². The van der Waals surface area contributed by atoms with Gasteiger partial charge < -0.3 is 19.1 Å². The Labute approximate surface area is 244 Å². The Bertz CT molecular complexity index is 1030. The molecule has 3 unspecified atom stereocenters. The van der Waals surface area contributed by atoms with Gasteiger partial charge in [0.2, 0.25) is 0 Å². The smallest absolute Gasteiger partial charge is 0.161 e. The minimum Gasteiger partial charge on any atom is -0.493 e. The number of allylic oxidation sites excluding steroid dienone is 2. The molecule has 1 aromatic rings. The van der Waals surface area contributed by atoms with Gasteiger partial charge in [-0.05, 0) is 118 Å². The molecule has 4 nitrogen and oxygen atoms in total. The molecule has 0 bridgehead atoms. The predicted octanol–water partition coefficient (Wildman–Crippen LogP) is 8.95. The first-order chi connectivity index (χ1) is 19.2. The van der Waals surface area contributed by atoms with Crippen LogP contribution in [0.15, 0.2) is 36.9 Å². The Balaban J connectivity index is 1.60. The van der Waals surface area contributed by atoms with E-state index < -0.39 is 0 Å². The number of likely N-dealkylation sites (tertiary alicyclic amines) is 1. The lowest BCUT2D eigenvalue weighted by atomic mass is 9.76. The monoisotopic (exact) mass is 549 g/mol. The summed E-state index contributed by atoms with van der Waals surface area (Å²) in [6.07, 6.45) is 15.1. The molecule has 1 aliphatic carbocycles. The summed E-state index contributed by atoms with van der Waals surface area (Å²) in [6.45, 7) is 22.2. The fourth-order valence-electron chi connectivity index (χ4n) is 6.95. The quantitative estimate of drug-likeness (QED) is 0.181. The first-order valence-electron chi connectivity index (χ1n) is 16.0. The van der Waals surface area contributed by atoms with E-state index >= 15 is 0 Å². The van der Waals surface area contributed by atoms with E-state index in [9.17, 15) is 0 Å². The van der Waals surface area contributed by atoms with E-state index in [2.05, 4.69) is 64.0 Å². The fourth-order valence-corrected chi connectivity index (χ4v) is 6.95. The Kier molecular flexibility index (Phi) is 11.4. The lowest BCUT2D eigenvalue weighted by Crippen LogP contribution is -2.22. The second-order valence-electron chi connectivity index (χ2n) is 13.0. The zero-order chi connectivity index (χ0) is 28.6. The molecular formula is C36H55NO3. The van der Waals surface area contributed by atoms with Crippen LogP contribution >= 0.6 is 0 Å². The van der Waals surface area contributed by atoms with E-state index in [1.54, 1.807) is 7.11 Å². The first-order valence-corrected chi connectivity index (χ1v) is 16.0. The molecule has 0 aromatic heterocycles. The molecule has 3 aliphatic rings. The van der Waals surface area contributed by atoms with Gasteiger partial charge in [-0.25, -0.2) is 0 Å². The molecule has 4 heteroatoms. The van der Waals surface area contributed by atoms with Crippen molar-refractivity contribution in [3.63, 3.8) is 0 Å². The Morgan fingerprint density at radius 2 is 1.73 bits per heavy atom. The van der Waals surface area contributed by atoms with Gasteiger partial charge in [0.1, 0.15) is 0 Å². The van der Waals surface area contributed by atoms with Gasteiger partial charge in [0.25, 0.3) is 0 Å². The highest BCUT2D eigenvalue weighted by molar-refractivity contribution is 5.82. The Hall–Kier alpha value is -2.04. The van der Waals surface area contributed by atoms with E-state index in [0.29, 0.717) is 18.6 Å². The molecular weight excluding hydrogens is 494 g/mol. The molecule has 1 aromatic carbocycles. The van der Waals surface area contributed by atoms with Crippen LogP contribution in [0.3, 0.4) is 0 Å². The highest BCUT2D eigenvalue weighted by Crippen LogP contribution is 2.43. The van der Waals surface area contributed by atoms with E-state index in [-0.39, 0.29) is 6.10 Å². The zero-order valence-corrected chi connectivity index (χ0v) is 26.1. The molecule has 2 aliphatic heterocycles. The van der Waals surface area contributed by atoms with Crippen molar-refractivity contribution >= 4 is 11.1 Å². The number of rotatable bonds is 13. The van der Waals surface area contributed by atoms with Crippen LogP contribution in [0.2, 0.25) is 0 Å². The van der Waals surface area contributed by atoms with Crippen molar-refractivity contribution in [3.8, 4) is 11.5 Å². The summed E-state index contributed by atoms with van der Waals surface area (Å²) >= 11 is 0. The lowest BCUT2D eigenvalue weighted by Gasteiger charge is -2.30. The summed E-state index contributed by atoms with van der Waals surface area (Å²) in [4.78, 5) is 2.54. The summed E-state index contributed by atoms with van der Waals surface area (Å²) in [5.74, 6) is 3.64. The number of ether oxygens (including phenoxy) is 3. The molecule has 0 N–H and O–H groups in total. The average Bonchev–Trinajstić information content (AvgIpc) is 3.62. The van der Waals surface area contributed by atoms with Gasteiger partial charge in [0, 0.05) is 6.54 Å². The highest BCUT2D eigenvalue weighted by Gasteiger charge is 2.27. The van der Waals surface area contributed by atoms with Gasteiger partial charge in [-0.2, -0.15) is 0 Å². The van der Waals surface area contributed by atoms with Gasteiger partial charge in [0.15, 0.2) is 11.5 Å². The summed E-state index contributed by atoms with van der Waals surface area (Å²) in [5, 5.41) is 0. The second kappa shape index (κ2) is 14.7. The molecule has 3 fully saturated rings. The van der Waals surface area contributed by atoms with Crippen LogP contribution in [0, 0.1) is 17.8 Å². The van der Waals surface area contributed by atoms with Crippen LogP contribution in [-0.4, -0.2) is 50.5 Å². The van der Waals surface area contributed by atoms with Gasteiger partial charge in [-0.3, -0.25) is 0 Å². The van der Waals surface area contributed by atoms with Crippen molar-refractivity contribution in [2.75, 3.05) is 33.4 Å². The molecule has 1 saturated carbocycles. The fraction of sp³-hybridized carbons (Fsp3) is 0.667. The minimum absolute atomic E-state index is 0.0983. The summed E-state index contributed by atoms with van der Waals surface area (Å²) in [5.41, 5.74) is 5.78. The van der Waals surface area contributed by atoms with Crippen LogP contribution in [0.1, 0.15) is 103 Å². The molecule has 0 spiro atoms. The van der Waals surface area contributed by atoms with Crippen LogP contribution in [0.5, 0.6) is 11.5 Å². The van der Waals surface area contributed by atoms with E-state index in [1.165, 1.54) is 69.2 Å². The third-order valence-electron chi connectivity index (χ3n) is 9.49. The molecule has 2 saturated heterocycles. The van der Waals surface area contributed by atoms with Crippen molar-refractivity contribution in [2.45, 2.75) is 104 Å². The third-order valence-corrected chi connectivity index (χ3v) is 9.49. The SMILES string of the molecule is C=C(C)c1cc(OCCCN2CCCC2)c(OC)cc1/C(=C\C(=C)C1CCC(C)O1)C(C)CC1CCC(C)CC1. The van der Waals surface area contributed by atoms with Crippen molar-refractivity contribution in [3.05, 3.63) is 48.1 Å². The van der Waals surface area contributed by atoms with Crippen molar-refractivity contribution in [1.29, 1.82) is 0 Å².